The Morgan fingerprint density at radius 2 is 2.07 bits per heavy atom. The summed E-state index contributed by atoms with van der Waals surface area (Å²) in [4.78, 5) is 22.4. The third-order valence-electron chi connectivity index (χ3n) is 3.44. The van der Waals surface area contributed by atoms with Crippen LogP contribution in [0.25, 0.3) is 0 Å². The quantitative estimate of drug-likeness (QED) is 0.633. The average molecular weight is 194 g/mol. The standard InChI is InChI=1S/C12H18O2/c1-8-5-6-10(9(2)14)12(3,4)11(8)7-13/h7,10H,5-6H2,1-4H3. The highest BCUT2D eigenvalue weighted by atomic mass is 16.1. The van der Waals surface area contributed by atoms with Gasteiger partial charge in [0.2, 0.25) is 0 Å². The maximum absolute atomic E-state index is 11.4. The molecule has 78 valence electrons. The first kappa shape index (κ1) is 11.2. The molecule has 1 unspecified atom stereocenters. The zero-order valence-electron chi connectivity index (χ0n) is 9.39. The van der Waals surface area contributed by atoms with Crippen molar-refractivity contribution in [3.63, 3.8) is 0 Å². The number of Topliss-reactive ketones (excluding diaryl/α,β-unsaturated/α-hetero) is 1. The molecule has 0 aromatic heterocycles. The minimum atomic E-state index is -0.282. The fourth-order valence-corrected chi connectivity index (χ4v) is 2.56. The predicted molar refractivity (Wildman–Crippen MR) is 56.0 cm³/mol. The maximum Gasteiger partial charge on any atom is 0.146 e. The third-order valence-corrected chi connectivity index (χ3v) is 3.44. The number of hydrogen-bond acceptors (Lipinski definition) is 2. The Labute approximate surface area is 85.4 Å². The van der Waals surface area contributed by atoms with Crippen molar-refractivity contribution < 1.29 is 9.59 Å². The average Bonchev–Trinajstić information content (AvgIpc) is 2.02. The number of carbonyl (C=O) groups is 2. The van der Waals surface area contributed by atoms with E-state index >= 15 is 0 Å². The Balaban J connectivity index is 3.15. The van der Waals surface area contributed by atoms with Gasteiger partial charge in [0.25, 0.3) is 0 Å². The highest BCUT2D eigenvalue weighted by Gasteiger charge is 2.39. The highest BCUT2D eigenvalue weighted by Crippen LogP contribution is 2.43. The number of allylic oxidation sites excluding steroid dienone is 2. The number of carbonyl (C=O) groups excluding carboxylic acids is 2. The van der Waals surface area contributed by atoms with Crippen molar-refractivity contribution >= 4 is 12.1 Å². The molecule has 0 aromatic rings. The van der Waals surface area contributed by atoms with Gasteiger partial charge >= 0.3 is 0 Å². The molecule has 1 atom stereocenters. The number of aldehydes is 1. The van der Waals surface area contributed by atoms with Crippen LogP contribution in [0.1, 0.15) is 40.5 Å². The summed E-state index contributed by atoms with van der Waals surface area (Å²) < 4.78 is 0. The molecule has 1 aliphatic carbocycles. The van der Waals surface area contributed by atoms with E-state index in [1.54, 1.807) is 6.92 Å². The van der Waals surface area contributed by atoms with Crippen LogP contribution in [0.3, 0.4) is 0 Å². The molecular formula is C12H18O2. The smallest absolute Gasteiger partial charge is 0.146 e. The van der Waals surface area contributed by atoms with Crippen molar-refractivity contribution in [3.05, 3.63) is 11.1 Å². The van der Waals surface area contributed by atoms with Crippen molar-refractivity contribution in [3.8, 4) is 0 Å². The van der Waals surface area contributed by atoms with Crippen LogP contribution in [0.5, 0.6) is 0 Å². The molecule has 0 aliphatic heterocycles. The summed E-state index contributed by atoms with van der Waals surface area (Å²) in [7, 11) is 0. The normalized spacial score (nSPS) is 26.1. The summed E-state index contributed by atoms with van der Waals surface area (Å²) in [5, 5.41) is 0. The van der Waals surface area contributed by atoms with E-state index in [1.807, 2.05) is 20.8 Å². The molecule has 0 heterocycles. The van der Waals surface area contributed by atoms with Crippen molar-refractivity contribution in [2.45, 2.75) is 40.5 Å². The lowest BCUT2D eigenvalue weighted by Crippen LogP contribution is -2.35. The molecule has 2 nitrogen and oxygen atoms in total. The van der Waals surface area contributed by atoms with Gasteiger partial charge in [-0.1, -0.05) is 19.4 Å². The van der Waals surface area contributed by atoms with Gasteiger partial charge in [0.05, 0.1) is 0 Å². The van der Waals surface area contributed by atoms with Gasteiger partial charge in [0.1, 0.15) is 12.1 Å². The first-order chi connectivity index (χ1) is 6.41. The first-order valence-corrected chi connectivity index (χ1v) is 5.07. The second kappa shape index (κ2) is 3.68. The highest BCUT2D eigenvalue weighted by molar-refractivity contribution is 5.84. The molecule has 1 aliphatic rings. The van der Waals surface area contributed by atoms with Crippen molar-refractivity contribution in [2.75, 3.05) is 0 Å². The van der Waals surface area contributed by atoms with Crippen molar-refractivity contribution in [1.29, 1.82) is 0 Å². The van der Waals surface area contributed by atoms with E-state index in [2.05, 4.69) is 0 Å². The monoisotopic (exact) mass is 194 g/mol. The molecule has 0 N–H and O–H groups in total. The zero-order chi connectivity index (χ0) is 10.9. The summed E-state index contributed by atoms with van der Waals surface area (Å²) in [5.74, 6) is 0.202. The Bertz CT molecular complexity index is 297. The van der Waals surface area contributed by atoms with E-state index < -0.39 is 0 Å². The van der Waals surface area contributed by atoms with E-state index in [9.17, 15) is 9.59 Å². The predicted octanol–water partition coefficient (Wildman–Crippen LogP) is 2.53. The largest absolute Gasteiger partial charge is 0.300 e. The van der Waals surface area contributed by atoms with E-state index in [0.29, 0.717) is 0 Å². The van der Waals surface area contributed by atoms with Crippen LogP contribution in [0.15, 0.2) is 11.1 Å². The van der Waals surface area contributed by atoms with Gasteiger partial charge in [-0.3, -0.25) is 9.59 Å². The number of hydrogen-bond donors (Lipinski definition) is 0. The molecule has 0 radical (unpaired) electrons. The van der Waals surface area contributed by atoms with Crippen LogP contribution >= 0.6 is 0 Å². The van der Waals surface area contributed by atoms with Gasteiger partial charge in [0, 0.05) is 11.3 Å². The molecule has 0 fully saturated rings. The summed E-state index contributed by atoms with van der Waals surface area (Å²) in [6.07, 6.45) is 2.68. The minimum absolute atomic E-state index is 0.00593. The second-order valence-corrected chi connectivity index (χ2v) is 4.74. The Morgan fingerprint density at radius 3 is 2.50 bits per heavy atom. The summed E-state index contributed by atoms with van der Waals surface area (Å²) in [6, 6.07) is 0. The van der Waals surface area contributed by atoms with E-state index in [1.165, 1.54) is 0 Å². The van der Waals surface area contributed by atoms with Crippen LogP contribution in [-0.2, 0) is 9.59 Å². The van der Waals surface area contributed by atoms with Crippen LogP contribution in [0, 0.1) is 11.3 Å². The van der Waals surface area contributed by atoms with Crippen LogP contribution in [-0.4, -0.2) is 12.1 Å². The molecule has 0 bridgehead atoms. The molecule has 14 heavy (non-hydrogen) atoms. The number of ketones is 1. The lowest BCUT2D eigenvalue weighted by molar-refractivity contribution is -0.124. The molecule has 0 saturated carbocycles. The van der Waals surface area contributed by atoms with Crippen molar-refractivity contribution in [2.24, 2.45) is 11.3 Å². The molecule has 1 rings (SSSR count). The fraction of sp³-hybridized carbons (Fsp3) is 0.667. The number of rotatable bonds is 2. The Hall–Kier alpha value is -0.920. The van der Waals surface area contributed by atoms with Gasteiger partial charge in [-0.15, -0.1) is 0 Å². The molecule has 2 heteroatoms. The fourth-order valence-electron chi connectivity index (χ4n) is 2.56. The first-order valence-electron chi connectivity index (χ1n) is 5.07. The topological polar surface area (TPSA) is 34.1 Å². The van der Waals surface area contributed by atoms with Crippen molar-refractivity contribution in [1.82, 2.24) is 0 Å². The zero-order valence-corrected chi connectivity index (χ0v) is 9.39. The Kier molecular flexibility index (Phi) is 2.93. The van der Waals surface area contributed by atoms with E-state index in [0.717, 1.165) is 30.3 Å². The lowest BCUT2D eigenvalue weighted by Gasteiger charge is -2.38. The molecule has 0 amide bonds. The summed E-state index contributed by atoms with van der Waals surface area (Å²) >= 11 is 0. The van der Waals surface area contributed by atoms with Crippen LogP contribution in [0.4, 0.5) is 0 Å². The van der Waals surface area contributed by atoms with Crippen LogP contribution in [0.2, 0.25) is 0 Å². The second-order valence-electron chi connectivity index (χ2n) is 4.74. The maximum atomic E-state index is 11.4. The Morgan fingerprint density at radius 1 is 1.50 bits per heavy atom. The third kappa shape index (κ3) is 1.66. The van der Waals surface area contributed by atoms with E-state index in [4.69, 9.17) is 0 Å². The molecular weight excluding hydrogens is 176 g/mol. The van der Waals surface area contributed by atoms with Gasteiger partial charge in [0.15, 0.2) is 0 Å². The molecule has 0 aromatic carbocycles. The summed E-state index contributed by atoms with van der Waals surface area (Å²) in [5.41, 5.74) is 1.68. The van der Waals surface area contributed by atoms with Gasteiger partial charge in [-0.05, 0) is 32.3 Å². The molecule has 0 saturated heterocycles. The van der Waals surface area contributed by atoms with E-state index in [-0.39, 0.29) is 17.1 Å². The van der Waals surface area contributed by atoms with Gasteiger partial charge in [-0.25, -0.2) is 0 Å². The molecule has 0 spiro atoms. The lowest BCUT2D eigenvalue weighted by atomic mass is 9.64. The SMILES string of the molecule is CC(=O)C1CCC(C)=C(C=O)C1(C)C. The van der Waals surface area contributed by atoms with Crippen LogP contribution < -0.4 is 0 Å². The van der Waals surface area contributed by atoms with Gasteiger partial charge < -0.3 is 0 Å². The van der Waals surface area contributed by atoms with Gasteiger partial charge in [-0.2, -0.15) is 0 Å². The summed E-state index contributed by atoms with van der Waals surface area (Å²) in [6.45, 7) is 7.59. The minimum Gasteiger partial charge on any atom is -0.300 e.